The monoisotopic (exact) mass is 297 g/mol. The quantitative estimate of drug-likeness (QED) is 0.847. The molecule has 1 aromatic rings. The van der Waals surface area contributed by atoms with Gasteiger partial charge in [0, 0.05) is 17.6 Å². The standard InChI is InChI=1S/C15H24ClN3O/c1-5-11(2)18-15(20)17-10-14(19(3)4)12-6-8-13(16)9-7-12/h6-9,11,14H,5,10H2,1-4H3,(H2,17,18,20). The summed E-state index contributed by atoms with van der Waals surface area (Å²) in [5.74, 6) is 0. The van der Waals surface area contributed by atoms with Crippen LogP contribution in [0.15, 0.2) is 24.3 Å². The summed E-state index contributed by atoms with van der Waals surface area (Å²) < 4.78 is 0. The van der Waals surface area contributed by atoms with Gasteiger partial charge in [-0.2, -0.15) is 0 Å². The van der Waals surface area contributed by atoms with E-state index in [2.05, 4.69) is 15.5 Å². The van der Waals surface area contributed by atoms with Crippen molar-refractivity contribution in [3.8, 4) is 0 Å². The third-order valence-electron chi connectivity index (χ3n) is 3.32. The summed E-state index contributed by atoms with van der Waals surface area (Å²) in [6, 6.07) is 7.89. The molecule has 2 unspecified atom stereocenters. The third kappa shape index (κ3) is 5.39. The number of rotatable bonds is 6. The second-order valence-corrected chi connectivity index (χ2v) is 5.63. The second-order valence-electron chi connectivity index (χ2n) is 5.19. The first-order valence-electron chi connectivity index (χ1n) is 6.90. The molecule has 0 aromatic heterocycles. The fraction of sp³-hybridized carbons (Fsp3) is 0.533. The lowest BCUT2D eigenvalue weighted by Gasteiger charge is -2.25. The van der Waals surface area contributed by atoms with Gasteiger partial charge in [-0.15, -0.1) is 0 Å². The maximum atomic E-state index is 11.8. The topological polar surface area (TPSA) is 44.4 Å². The van der Waals surface area contributed by atoms with E-state index in [4.69, 9.17) is 11.6 Å². The average molecular weight is 298 g/mol. The van der Waals surface area contributed by atoms with Gasteiger partial charge in [-0.05, 0) is 45.1 Å². The number of carbonyl (C=O) groups excluding carboxylic acids is 1. The molecule has 1 aromatic carbocycles. The largest absolute Gasteiger partial charge is 0.336 e. The molecule has 0 aliphatic rings. The van der Waals surface area contributed by atoms with Crippen molar-refractivity contribution in [3.63, 3.8) is 0 Å². The summed E-state index contributed by atoms with van der Waals surface area (Å²) in [4.78, 5) is 13.8. The van der Waals surface area contributed by atoms with Crippen LogP contribution in [0.25, 0.3) is 0 Å². The molecule has 0 aliphatic carbocycles. The fourth-order valence-electron chi connectivity index (χ4n) is 1.85. The van der Waals surface area contributed by atoms with Crippen LogP contribution in [0, 0.1) is 0 Å². The van der Waals surface area contributed by atoms with Crippen molar-refractivity contribution in [2.45, 2.75) is 32.4 Å². The van der Waals surface area contributed by atoms with Gasteiger partial charge in [0.1, 0.15) is 0 Å². The van der Waals surface area contributed by atoms with Crippen LogP contribution in [0.2, 0.25) is 5.02 Å². The number of halogens is 1. The molecule has 2 atom stereocenters. The zero-order chi connectivity index (χ0) is 15.1. The molecule has 0 fully saturated rings. The van der Waals surface area contributed by atoms with Crippen molar-refractivity contribution in [1.82, 2.24) is 15.5 Å². The number of amides is 2. The Morgan fingerprint density at radius 1 is 1.30 bits per heavy atom. The van der Waals surface area contributed by atoms with E-state index in [1.165, 1.54) is 0 Å². The molecule has 20 heavy (non-hydrogen) atoms. The molecule has 2 N–H and O–H groups in total. The Balaban J connectivity index is 2.60. The van der Waals surface area contributed by atoms with E-state index in [0.29, 0.717) is 11.6 Å². The molecule has 4 nitrogen and oxygen atoms in total. The summed E-state index contributed by atoms with van der Waals surface area (Å²) in [6.07, 6.45) is 0.918. The number of urea groups is 1. The van der Waals surface area contributed by atoms with Crippen molar-refractivity contribution in [3.05, 3.63) is 34.9 Å². The smallest absolute Gasteiger partial charge is 0.315 e. The molecule has 0 bridgehead atoms. The van der Waals surface area contributed by atoms with Gasteiger partial charge in [-0.25, -0.2) is 4.79 Å². The summed E-state index contributed by atoms with van der Waals surface area (Å²) in [7, 11) is 3.99. The van der Waals surface area contributed by atoms with E-state index in [-0.39, 0.29) is 18.1 Å². The Bertz CT molecular complexity index is 420. The van der Waals surface area contributed by atoms with Crippen LogP contribution >= 0.6 is 11.6 Å². The molecule has 1 rings (SSSR count). The van der Waals surface area contributed by atoms with Crippen LogP contribution < -0.4 is 10.6 Å². The Morgan fingerprint density at radius 2 is 1.90 bits per heavy atom. The fourth-order valence-corrected chi connectivity index (χ4v) is 1.98. The second kappa shape index (κ2) is 8.12. The molecular formula is C15H24ClN3O. The number of likely N-dealkylation sites (N-methyl/N-ethyl adjacent to an activating group) is 1. The van der Waals surface area contributed by atoms with Crippen LogP contribution in [0.3, 0.4) is 0 Å². The molecule has 0 aliphatic heterocycles. The molecule has 0 spiro atoms. The van der Waals surface area contributed by atoms with Gasteiger partial charge in [0.2, 0.25) is 0 Å². The van der Waals surface area contributed by atoms with Crippen molar-refractivity contribution in [2.75, 3.05) is 20.6 Å². The minimum Gasteiger partial charge on any atom is -0.336 e. The number of hydrogen-bond acceptors (Lipinski definition) is 2. The van der Waals surface area contributed by atoms with Crippen LogP contribution in [0.1, 0.15) is 31.9 Å². The van der Waals surface area contributed by atoms with Crippen molar-refractivity contribution in [2.24, 2.45) is 0 Å². The van der Waals surface area contributed by atoms with Gasteiger partial charge in [-0.3, -0.25) is 0 Å². The molecule has 2 amide bonds. The van der Waals surface area contributed by atoms with E-state index in [9.17, 15) is 4.79 Å². The first kappa shape index (κ1) is 16.8. The SMILES string of the molecule is CCC(C)NC(=O)NCC(c1ccc(Cl)cc1)N(C)C. The number of hydrogen-bond donors (Lipinski definition) is 2. The predicted molar refractivity (Wildman–Crippen MR) is 84.2 cm³/mol. The van der Waals surface area contributed by atoms with Gasteiger partial charge in [0.25, 0.3) is 0 Å². The van der Waals surface area contributed by atoms with Gasteiger partial charge < -0.3 is 15.5 Å². The first-order chi connectivity index (χ1) is 9.43. The van der Waals surface area contributed by atoms with E-state index in [1.54, 1.807) is 0 Å². The third-order valence-corrected chi connectivity index (χ3v) is 3.58. The minimum absolute atomic E-state index is 0.120. The molecule has 0 saturated heterocycles. The first-order valence-corrected chi connectivity index (χ1v) is 7.28. The summed E-state index contributed by atoms with van der Waals surface area (Å²) in [6.45, 7) is 4.58. The Hall–Kier alpha value is -1.26. The predicted octanol–water partition coefficient (Wildman–Crippen LogP) is 3.04. The molecule has 0 radical (unpaired) electrons. The summed E-state index contributed by atoms with van der Waals surface area (Å²) in [5.41, 5.74) is 1.13. The highest BCUT2D eigenvalue weighted by Crippen LogP contribution is 2.19. The number of nitrogens with zero attached hydrogens (tertiary/aromatic N) is 1. The van der Waals surface area contributed by atoms with Crippen LogP contribution in [0.5, 0.6) is 0 Å². The van der Waals surface area contributed by atoms with E-state index < -0.39 is 0 Å². The Morgan fingerprint density at radius 3 is 2.40 bits per heavy atom. The normalized spacial score (nSPS) is 13.9. The van der Waals surface area contributed by atoms with Crippen molar-refractivity contribution >= 4 is 17.6 Å². The average Bonchev–Trinajstić information content (AvgIpc) is 2.40. The molecule has 0 heterocycles. The number of nitrogens with one attached hydrogen (secondary N) is 2. The maximum absolute atomic E-state index is 11.8. The molecule has 5 heteroatoms. The lowest BCUT2D eigenvalue weighted by molar-refractivity contribution is 0.229. The van der Waals surface area contributed by atoms with Crippen molar-refractivity contribution in [1.29, 1.82) is 0 Å². The zero-order valence-corrected chi connectivity index (χ0v) is 13.4. The summed E-state index contributed by atoms with van der Waals surface area (Å²) in [5, 5.41) is 6.53. The highest BCUT2D eigenvalue weighted by molar-refractivity contribution is 6.30. The van der Waals surface area contributed by atoms with Gasteiger partial charge in [-0.1, -0.05) is 30.7 Å². The van der Waals surface area contributed by atoms with Crippen LogP contribution in [-0.2, 0) is 0 Å². The highest BCUT2D eigenvalue weighted by Gasteiger charge is 2.15. The number of carbonyl (C=O) groups is 1. The Labute approximate surface area is 126 Å². The van der Waals surface area contributed by atoms with E-state index in [1.807, 2.05) is 52.2 Å². The zero-order valence-electron chi connectivity index (χ0n) is 12.6. The maximum Gasteiger partial charge on any atom is 0.315 e. The Kier molecular flexibility index (Phi) is 6.82. The van der Waals surface area contributed by atoms with Crippen LogP contribution in [-0.4, -0.2) is 37.6 Å². The summed E-state index contributed by atoms with van der Waals surface area (Å²) >= 11 is 5.90. The van der Waals surface area contributed by atoms with E-state index in [0.717, 1.165) is 12.0 Å². The van der Waals surface area contributed by atoms with Gasteiger partial charge >= 0.3 is 6.03 Å². The lowest BCUT2D eigenvalue weighted by atomic mass is 10.1. The molecule has 112 valence electrons. The van der Waals surface area contributed by atoms with Gasteiger partial charge in [0.15, 0.2) is 0 Å². The van der Waals surface area contributed by atoms with Crippen molar-refractivity contribution < 1.29 is 4.79 Å². The van der Waals surface area contributed by atoms with Gasteiger partial charge in [0.05, 0.1) is 6.04 Å². The lowest BCUT2D eigenvalue weighted by Crippen LogP contribution is -2.43. The molecule has 0 saturated carbocycles. The van der Waals surface area contributed by atoms with E-state index >= 15 is 0 Å². The molecular weight excluding hydrogens is 274 g/mol. The number of benzene rings is 1. The minimum atomic E-state index is -0.125. The van der Waals surface area contributed by atoms with Crippen LogP contribution in [0.4, 0.5) is 4.79 Å². The highest BCUT2D eigenvalue weighted by atomic mass is 35.5.